The highest BCUT2D eigenvalue weighted by molar-refractivity contribution is 5.82. The Bertz CT molecular complexity index is 573. The van der Waals surface area contributed by atoms with Crippen molar-refractivity contribution in [2.24, 2.45) is 11.7 Å². The molecular formula is C16H21N3O. The number of amides is 1. The number of nitrogens with two attached hydrogens (primary N) is 1. The van der Waals surface area contributed by atoms with E-state index in [2.05, 4.69) is 17.2 Å². The lowest BCUT2D eigenvalue weighted by Crippen LogP contribution is -2.27. The molecular weight excluding hydrogens is 250 g/mol. The lowest BCUT2D eigenvalue weighted by molar-refractivity contribution is -0.122. The first-order valence-electron chi connectivity index (χ1n) is 7.04. The minimum absolute atomic E-state index is 0.0511. The number of nitrogens with one attached hydrogen (secondary N) is 1. The average Bonchev–Trinajstić information content (AvgIpc) is 2.50. The number of hydrogen-bond acceptors (Lipinski definition) is 3. The van der Waals surface area contributed by atoms with Crippen molar-refractivity contribution in [2.75, 3.05) is 6.54 Å². The molecule has 0 spiro atoms. The molecule has 0 fully saturated rings. The molecule has 4 heteroatoms. The second kappa shape index (κ2) is 7.01. The highest BCUT2D eigenvalue weighted by atomic mass is 16.1. The number of benzene rings is 1. The number of fused-ring (bicyclic) bond motifs is 1. The molecule has 1 heterocycles. The van der Waals surface area contributed by atoms with E-state index in [1.807, 2.05) is 30.3 Å². The Balaban J connectivity index is 2.01. The van der Waals surface area contributed by atoms with Crippen molar-refractivity contribution in [1.29, 1.82) is 0 Å². The van der Waals surface area contributed by atoms with Gasteiger partial charge in [0.05, 0.1) is 5.52 Å². The molecule has 0 aliphatic heterocycles. The largest absolute Gasteiger partial charge is 0.352 e. The maximum atomic E-state index is 11.9. The summed E-state index contributed by atoms with van der Waals surface area (Å²) in [7, 11) is 0. The average molecular weight is 271 g/mol. The molecule has 1 atom stereocenters. The third-order valence-electron chi connectivity index (χ3n) is 3.58. The first kappa shape index (κ1) is 14.5. The maximum Gasteiger partial charge on any atom is 0.220 e. The fraction of sp³-hybridized carbons (Fsp3) is 0.375. The van der Waals surface area contributed by atoms with E-state index in [0.717, 1.165) is 22.9 Å². The van der Waals surface area contributed by atoms with Crippen LogP contribution in [0.3, 0.4) is 0 Å². The number of hydrogen-bond donors (Lipinski definition) is 2. The monoisotopic (exact) mass is 271 g/mol. The molecule has 0 aliphatic rings. The SMILES string of the molecule is CCC(CN)CC(=O)NCc1cccc2cccnc12. The predicted molar refractivity (Wildman–Crippen MR) is 81.0 cm³/mol. The van der Waals surface area contributed by atoms with E-state index in [4.69, 9.17) is 5.73 Å². The van der Waals surface area contributed by atoms with Crippen molar-refractivity contribution in [2.45, 2.75) is 26.3 Å². The van der Waals surface area contributed by atoms with Crippen LogP contribution in [0.1, 0.15) is 25.3 Å². The lowest BCUT2D eigenvalue weighted by atomic mass is 10.0. The number of rotatable bonds is 6. The first-order chi connectivity index (χ1) is 9.74. The summed E-state index contributed by atoms with van der Waals surface area (Å²) in [4.78, 5) is 16.3. The second-order valence-corrected chi connectivity index (χ2v) is 4.98. The van der Waals surface area contributed by atoms with Crippen LogP contribution in [0.2, 0.25) is 0 Å². The summed E-state index contributed by atoms with van der Waals surface area (Å²) in [6, 6.07) is 9.94. The zero-order valence-corrected chi connectivity index (χ0v) is 11.8. The van der Waals surface area contributed by atoms with Crippen LogP contribution in [0, 0.1) is 5.92 Å². The van der Waals surface area contributed by atoms with Crippen LogP contribution >= 0.6 is 0 Å². The molecule has 0 bridgehead atoms. The van der Waals surface area contributed by atoms with E-state index in [9.17, 15) is 4.79 Å². The van der Waals surface area contributed by atoms with Gasteiger partial charge in [0.25, 0.3) is 0 Å². The van der Waals surface area contributed by atoms with Gasteiger partial charge in [0.1, 0.15) is 0 Å². The van der Waals surface area contributed by atoms with Crippen molar-refractivity contribution >= 4 is 16.8 Å². The van der Waals surface area contributed by atoms with Gasteiger partial charge in [-0.1, -0.05) is 37.6 Å². The van der Waals surface area contributed by atoms with Crippen LogP contribution in [0.4, 0.5) is 0 Å². The topological polar surface area (TPSA) is 68.0 Å². The van der Waals surface area contributed by atoms with Gasteiger partial charge in [-0.25, -0.2) is 0 Å². The van der Waals surface area contributed by atoms with Gasteiger partial charge in [-0.3, -0.25) is 9.78 Å². The van der Waals surface area contributed by atoms with Gasteiger partial charge in [-0.05, 0) is 24.1 Å². The Morgan fingerprint density at radius 1 is 1.35 bits per heavy atom. The molecule has 0 saturated heterocycles. The summed E-state index contributed by atoms with van der Waals surface area (Å²) in [6.07, 6.45) is 3.19. The van der Waals surface area contributed by atoms with Crippen molar-refractivity contribution in [1.82, 2.24) is 10.3 Å². The van der Waals surface area contributed by atoms with E-state index in [1.54, 1.807) is 6.20 Å². The van der Waals surface area contributed by atoms with Gasteiger partial charge in [0, 0.05) is 24.5 Å². The van der Waals surface area contributed by atoms with Crippen molar-refractivity contribution < 1.29 is 4.79 Å². The molecule has 2 rings (SSSR count). The normalized spacial score (nSPS) is 12.3. The maximum absolute atomic E-state index is 11.9. The molecule has 0 aliphatic carbocycles. The smallest absolute Gasteiger partial charge is 0.220 e. The summed E-state index contributed by atoms with van der Waals surface area (Å²) in [6.45, 7) is 3.12. The highest BCUT2D eigenvalue weighted by Gasteiger charge is 2.10. The van der Waals surface area contributed by atoms with Gasteiger partial charge in [0.15, 0.2) is 0 Å². The molecule has 106 valence electrons. The Kier molecular flexibility index (Phi) is 5.07. The molecule has 1 aromatic heterocycles. The first-order valence-corrected chi connectivity index (χ1v) is 7.04. The fourth-order valence-electron chi connectivity index (χ4n) is 2.23. The number of aromatic nitrogens is 1. The number of para-hydroxylation sites is 1. The summed E-state index contributed by atoms with van der Waals surface area (Å²) < 4.78 is 0. The standard InChI is InChI=1S/C16H21N3O/c1-2-12(10-17)9-15(20)19-11-14-6-3-5-13-7-4-8-18-16(13)14/h3-8,12H,2,9-11,17H2,1H3,(H,19,20). The van der Waals surface area contributed by atoms with Crippen LogP contribution in [-0.4, -0.2) is 17.4 Å². The Morgan fingerprint density at radius 3 is 2.90 bits per heavy atom. The third-order valence-corrected chi connectivity index (χ3v) is 3.58. The van der Waals surface area contributed by atoms with Crippen LogP contribution in [-0.2, 0) is 11.3 Å². The van der Waals surface area contributed by atoms with E-state index in [-0.39, 0.29) is 11.8 Å². The molecule has 0 radical (unpaired) electrons. The number of pyridine rings is 1. The zero-order valence-electron chi connectivity index (χ0n) is 11.8. The molecule has 4 nitrogen and oxygen atoms in total. The second-order valence-electron chi connectivity index (χ2n) is 4.98. The molecule has 20 heavy (non-hydrogen) atoms. The van der Waals surface area contributed by atoms with Gasteiger partial charge < -0.3 is 11.1 Å². The molecule has 1 unspecified atom stereocenters. The Hall–Kier alpha value is -1.94. The molecule has 0 saturated carbocycles. The Labute approximate surface area is 119 Å². The number of nitrogens with zero attached hydrogens (tertiary/aromatic N) is 1. The van der Waals surface area contributed by atoms with Crippen LogP contribution in [0.15, 0.2) is 36.5 Å². The lowest BCUT2D eigenvalue weighted by Gasteiger charge is -2.12. The Morgan fingerprint density at radius 2 is 2.15 bits per heavy atom. The quantitative estimate of drug-likeness (QED) is 0.846. The zero-order chi connectivity index (χ0) is 14.4. The summed E-state index contributed by atoms with van der Waals surface area (Å²) in [5.41, 5.74) is 7.61. The summed E-state index contributed by atoms with van der Waals surface area (Å²) in [5, 5.41) is 4.05. The van der Waals surface area contributed by atoms with Crippen LogP contribution in [0.5, 0.6) is 0 Å². The van der Waals surface area contributed by atoms with Crippen molar-refractivity contribution in [3.05, 3.63) is 42.1 Å². The molecule has 3 N–H and O–H groups in total. The number of carbonyl (C=O) groups is 1. The summed E-state index contributed by atoms with van der Waals surface area (Å²) >= 11 is 0. The van der Waals surface area contributed by atoms with Gasteiger partial charge in [-0.15, -0.1) is 0 Å². The summed E-state index contributed by atoms with van der Waals surface area (Å²) in [5.74, 6) is 0.316. The van der Waals surface area contributed by atoms with Crippen molar-refractivity contribution in [3.63, 3.8) is 0 Å². The van der Waals surface area contributed by atoms with E-state index in [1.165, 1.54) is 0 Å². The molecule has 1 aromatic carbocycles. The minimum Gasteiger partial charge on any atom is -0.352 e. The fourth-order valence-corrected chi connectivity index (χ4v) is 2.23. The van der Waals surface area contributed by atoms with E-state index < -0.39 is 0 Å². The minimum atomic E-state index is 0.0511. The molecule has 2 aromatic rings. The van der Waals surface area contributed by atoms with Gasteiger partial charge >= 0.3 is 0 Å². The van der Waals surface area contributed by atoms with Gasteiger partial charge in [-0.2, -0.15) is 0 Å². The third kappa shape index (κ3) is 3.54. The number of carbonyl (C=O) groups excluding carboxylic acids is 1. The van der Waals surface area contributed by atoms with Crippen molar-refractivity contribution in [3.8, 4) is 0 Å². The highest BCUT2D eigenvalue weighted by Crippen LogP contribution is 2.15. The van der Waals surface area contributed by atoms with E-state index >= 15 is 0 Å². The van der Waals surface area contributed by atoms with Gasteiger partial charge in [0.2, 0.25) is 5.91 Å². The van der Waals surface area contributed by atoms with Crippen LogP contribution in [0.25, 0.3) is 10.9 Å². The van der Waals surface area contributed by atoms with E-state index in [0.29, 0.717) is 19.5 Å². The molecule has 1 amide bonds. The van der Waals surface area contributed by atoms with Crippen LogP contribution < -0.4 is 11.1 Å². The predicted octanol–water partition coefficient (Wildman–Crippen LogP) is 2.23.